The van der Waals surface area contributed by atoms with E-state index in [4.69, 9.17) is 10.8 Å². The summed E-state index contributed by atoms with van der Waals surface area (Å²) in [6, 6.07) is 1.60. The smallest absolute Gasteiger partial charge is 0.307 e. The van der Waals surface area contributed by atoms with Gasteiger partial charge in [0.15, 0.2) is 0 Å². The molecule has 0 aliphatic rings. The maximum absolute atomic E-state index is 11.2. The van der Waals surface area contributed by atoms with Crippen LogP contribution in [0, 0.1) is 0 Å². The standard InChI is InChI=1S/C9H6Br3NO3/c10-4-2-5(11)7(9(13)16)8(12)3(4)1-6(14)15/h2H,1H2,(H2,13,16)(H,14,15). The Morgan fingerprint density at radius 3 is 2.25 bits per heavy atom. The van der Waals surface area contributed by atoms with Gasteiger partial charge in [-0.25, -0.2) is 0 Å². The fraction of sp³-hybridized carbons (Fsp3) is 0.111. The molecule has 1 rings (SSSR count). The highest BCUT2D eigenvalue weighted by Gasteiger charge is 2.19. The van der Waals surface area contributed by atoms with Crippen molar-refractivity contribution in [1.82, 2.24) is 0 Å². The van der Waals surface area contributed by atoms with Crippen molar-refractivity contribution in [3.63, 3.8) is 0 Å². The number of aliphatic carboxylic acids is 1. The molecule has 3 N–H and O–H groups in total. The molecule has 16 heavy (non-hydrogen) atoms. The fourth-order valence-corrected chi connectivity index (χ4v) is 3.96. The van der Waals surface area contributed by atoms with E-state index in [2.05, 4.69) is 47.8 Å². The second-order valence-corrected chi connectivity index (χ2v) is 5.44. The third kappa shape index (κ3) is 2.83. The van der Waals surface area contributed by atoms with Crippen LogP contribution in [-0.4, -0.2) is 17.0 Å². The molecule has 0 saturated carbocycles. The molecule has 86 valence electrons. The van der Waals surface area contributed by atoms with Crippen LogP contribution in [0.1, 0.15) is 15.9 Å². The lowest BCUT2D eigenvalue weighted by atomic mass is 10.1. The third-order valence-corrected chi connectivity index (χ3v) is 4.05. The van der Waals surface area contributed by atoms with Crippen LogP contribution in [0.3, 0.4) is 0 Å². The van der Waals surface area contributed by atoms with Crippen LogP contribution in [0.25, 0.3) is 0 Å². The highest BCUT2D eigenvalue weighted by molar-refractivity contribution is 9.11. The van der Waals surface area contributed by atoms with E-state index >= 15 is 0 Å². The van der Waals surface area contributed by atoms with Gasteiger partial charge in [0.25, 0.3) is 5.91 Å². The van der Waals surface area contributed by atoms with Crippen LogP contribution >= 0.6 is 47.8 Å². The molecule has 7 heteroatoms. The van der Waals surface area contributed by atoms with Crippen molar-refractivity contribution in [3.05, 3.63) is 30.6 Å². The Hall–Kier alpha value is -0.400. The first kappa shape index (κ1) is 13.7. The van der Waals surface area contributed by atoms with E-state index < -0.39 is 11.9 Å². The number of halogens is 3. The molecule has 0 aromatic heterocycles. The molecule has 1 aromatic rings. The van der Waals surface area contributed by atoms with Gasteiger partial charge < -0.3 is 10.8 Å². The van der Waals surface area contributed by atoms with Gasteiger partial charge in [0.2, 0.25) is 0 Å². The molecule has 0 unspecified atom stereocenters. The Balaban J connectivity index is 3.44. The minimum Gasteiger partial charge on any atom is -0.481 e. The summed E-state index contributed by atoms with van der Waals surface area (Å²) in [5.74, 6) is -1.61. The van der Waals surface area contributed by atoms with Gasteiger partial charge in [-0.3, -0.25) is 9.59 Å². The Labute approximate surface area is 117 Å². The average Bonchev–Trinajstić information content (AvgIpc) is 2.10. The van der Waals surface area contributed by atoms with Crippen molar-refractivity contribution in [2.75, 3.05) is 0 Å². The number of carbonyl (C=O) groups is 2. The molecule has 1 amide bonds. The molecule has 0 saturated heterocycles. The predicted molar refractivity (Wildman–Crippen MR) is 69.4 cm³/mol. The summed E-state index contributed by atoms with van der Waals surface area (Å²) in [5, 5.41) is 8.75. The second kappa shape index (κ2) is 5.29. The van der Waals surface area contributed by atoms with Crippen molar-refractivity contribution in [2.45, 2.75) is 6.42 Å². The zero-order valence-electron chi connectivity index (χ0n) is 7.76. The van der Waals surface area contributed by atoms with E-state index in [-0.39, 0.29) is 12.0 Å². The Morgan fingerprint density at radius 1 is 1.25 bits per heavy atom. The van der Waals surface area contributed by atoms with Crippen LogP contribution in [0.2, 0.25) is 0 Å². The van der Waals surface area contributed by atoms with Crippen molar-refractivity contribution >= 4 is 59.7 Å². The molecule has 0 fully saturated rings. The molecule has 0 aliphatic heterocycles. The van der Waals surface area contributed by atoms with Gasteiger partial charge in [-0.2, -0.15) is 0 Å². The van der Waals surface area contributed by atoms with Gasteiger partial charge >= 0.3 is 5.97 Å². The molecule has 0 heterocycles. The number of carboxylic acid groups (broad SMARTS) is 1. The van der Waals surface area contributed by atoms with E-state index in [1.54, 1.807) is 6.07 Å². The number of rotatable bonds is 3. The maximum atomic E-state index is 11.2. The second-order valence-electron chi connectivity index (χ2n) is 2.94. The number of hydrogen-bond donors (Lipinski definition) is 2. The minimum absolute atomic E-state index is 0.200. The highest BCUT2D eigenvalue weighted by atomic mass is 79.9. The molecule has 0 radical (unpaired) electrons. The zero-order valence-corrected chi connectivity index (χ0v) is 12.5. The monoisotopic (exact) mass is 413 g/mol. The van der Waals surface area contributed by atoms with Gasteiger partial charge in [-0.05, 0) is 43.5 Å². The molecule has 1 aromatic carbocycles. The molecular weight excluding hydrogens is 410 g/mol. The number of primary amides is 1. The average molecular weight is 416 g/mol. The van der Waals surface area contributed by atoms with Crippen LogP contribution in [0.5, 0.6) is 0 Å². The summed E-state index contributed by atoms with van der Waals surface area (Å²) in [4.78, 5) is 21.9. The molecule has 0 bridgehead atoms. The predicted octanol–water partition coefficient (Wildman–Crippen LogP) is 2.70. The molecular formula is C9H6Br3NO3. The Bertz CT molecular complexity index is 474. The van der Waals surface area contributed by atoms with Crippen molar-refractivity contribution in [3.8, 4) is 0 Å². The van der Waals surface area contributed by atoms with Gasteiger partial charge in [0.1, 0.15) is 0 Å². The Kier molecular flexibility index (Phi) is 4.52. The first-order valence-electron chi connectivity index (χ1n) is 4.02. The first-order chi connectivity index (χ1) is 7.34. The van der Waals surface area contributed by atoms with Crippen LogP contribution in [0.4, 0.5) is 0 Å². The third-order valence-electron chi connectivity index (χ3n) is 1.84. The normalized spacial score (nSPS) is 10.2. The first-order valence-corrected chi connectivity index (χ1v) is 6.40. The SMILES string of the molecule is NC(=O)c1c(Br)cc(Br)c(CC(=O)O)c1Br. The topological polar surface area (TPSA) is 80.4 Å². The molecule has 0 aliphatic carbocycles. The summed E-state index contributed by atoms with van der Waals surface area (Å²) < 4.78 is 1.50. The summed E-state index contributed by atoms with van der Waals surface area (Å²) in [6.07, 6.45) is -0.200. The van der Waals surface area contributed by atoms with Crippen LogP contribution < -0.4 is 5.73 Å². The Morgan fingerprint density at radius 2 is 1.81 bits per heavy atom. The lowest BCUT2D eigenvalue weighted by Crippen LogP contribution is -2.14. The lowest BCUT2D eigenvalue weighted by Gasteiger charge is -2.10. The number of carboxylic acids is 1. The van der Waals surface area contributed by atoms with E-state index in [0.717, 1.165) is 0 Å². The fourth-order valence-electron chi connectivity index (χ4n) is 1.17. The van der Waals surface area contributed by atoms with E-state index in [9.17, 15) is 9.59 Å². The largest absolute Gasteiger partial charge is 0.481 e. The summed E-state index contributed by atoms with van der Waals surface area (Å²) in [7, 11) is 0. The molecule has 0 atom stereocenters. The van der Waals surface area contributed by atoms with Gasteiger partial charge in [0.05, 0.1) is 12.0 Å². The summed E-state index contributed by atoms with van der Waals surface area (Å²) in [6.45, 7) is 0. The van der Waals surface area contributed by atoms with E-state index in [0.29, 0.717) is 19.0 Å². The van der Waals surface area contributed by atoms with Crippen molar-refractivity contribution < 1.29 is 14.7 Å². The summed E-state index contributed by atoms with van der Waals surface area (Å²) >= 11 is 9.61. The van der Waals surface area contributed by atoms with Gasteiger partial charge in [-0.15, -0.1) is 0 Å². The summed E-state index contributed by atoms with van der Waals surface area (Å²) in [5.41, 5.74) is 5.92. The minimum atomic E-state index is -0.987. The van der Waals surface area contributed by atoms with Crippen LogP contribution in [-0.2, 0) is 11.2 Å². The number of amides is 1. The van der Waals surface area contributed by atoms with Crippen molar-refractivity contribution in [2.24, 2.45) is 5.73 Å². The highest BCUT2D eigenvalue weighted by Crippen LogP contribution is 2.34. The lowest BCUT2D eigenvalue weighted by molar-refractivity contribution is -0.136. The van der Waals surface area contributed by atoms with E-state index in [1.807, 2.05) is 0 Å². The maximum Gasteiger partial charge on any atom is 0.307 e. The van der Waals surface area contributed by atoms with Gasteiger partial charge in [-0.1, -0.05) is 15.9 Å². The number of carbonyl (C=O) groups excluding carboxylic acids is 1. The quantitative estimate of drug-likeness (QED) is 0.796. The van der Waals surface area contributed by atoms with Crippen LogP contribution in [0.15, 0.2) is 19.5 Å². The van der Waals surface area contributed by atoms with Gasteiger partial charge in [0, 0.05) is 13.4 Å². The molecule has 4 nitrogen and oxygen atoms in total. The molecule has 0 spiro atoms. The van der Waals surface area contributed by atoms with E-state index in [1.165, 1.54) is 0 Å². The van der Waals surface area contributed by atoms with Crippen molar-refractivity contribution in [1.29, 1.82) is 0 Å². The number of benzene rings is 1. The number of nitrogens with two attached hydrogens (primary N) is 1. The zero-order chi connectivity index (χ0) is 12.5. The number of hydrogen-bond acceptors (Lipinski definition) is 2.